The molecule has 0 aliphatic rings. The van der Waals surface area contributed by atoms with E-state index in [4.69, 9.17) is 18.6 Å². The summed E-state index contributed by atoms with van der Waals surface area (Å²) < 4.78 is 45.3. The predicted octanol–water partition coefficient (Wildman–Crippen LogP) is 1.02. The molecule has 158 valence electrons. The van der Waals surface area contributed by atoms with Crippen LogP contribution in [0.1, 0.15) is 16.1 Å². The average Bonchev–Trinajstić information content (AvgIpc) is 3.19. The van der Waals surface area contributed by atoms with Crippen molar-refractivity contribution in [3.8, 4) is 11.5 Å². The largest absolute Gasteiger partial charge is 0.493 e. The fraction of sp³-hybridized carbons (Fsp3) is 0.333. The summed E-state index contributed by atoms with van der Waals surface area (Å²) in [7, 11) is 1.96. The number of furan rings is 1. The van der Waals surface area contributed by atoms with E-state index in [2.05, 4.69) is 5.32 Å². The summed E-state index contributed by atoms with van der Waals surface area (Å²) in [6.45, 7) is -0.648. The Kier molecular flexibility index (Phi) is 7.23. The van der Waals surface area contributed by atoms with Gasteiger partial charge in [0, 0.05) is 19.7 Å². The van der Waals surface area contributed by atoms with Crippen LogP contribution < -0.4 is 14.8 Å². The van der Waals surface area contributed by atoms with Gasteiger partial charge in [-0.15, -0.1) is 0 Å². The minimum atomic E-state index is -3.71. The fourth-order valence-electron chi connectivity index (χ4n) is 2.19. The van der Waals surface area contributed by atoms with Crippen LogP contribution in [0.4, 0.5) is 0 Å². The first-order chi connectivity index (χ1) is 13.7. The molecule has 29 heavy (non-hydrogen) atoms. The van der Waals surface area contributed by atoms with Crippen molar-refractivity contribution >= 4 is 21.9 Å². The highest BCUT2D eigenvalue weighted by Crippen LogP contribution is 2.27. The van der Waals surface area contributed by atoms with Crippen molar-refractivity contribution in [1.29, 1.82) is 0 Å². The monoisotopic (exact) mass is 426 g/mol. The molecule has 0 atom stereocenters. The molecule has 2 aromatic rings. The molecule has 0 spiro atoms. The van der Waals surface area contributed by atoms with Crippen molar-refractivity contribution in [2.45, 2.75) is 11.7 Å². The van der Waals surface area contributed by atoms with Gasteiger partial charge in [-0.2, -0.15) is 0 Å². The van der Waals surface area contributed by atoms with Crippen LogP contribution >= 0.6 is 0 Å². The van der Waals surface area contributed by atoms with Crippen molar-refractivity contribution < 1.29 is 36.6 Å². The van der Waals surface area contributed by atoms with Crippen LogP contribution in [0, 0.1) is 0 Å². The lowest BCUT2D eigenvalue weighted by atomic mass is 10.2. The maximum atomic E-state index is 12.2. The third-order valence-corrected chi connectivity index (χ3v) is 5.48. The molecule has 2 rings (SSSR count). The van der Waals surface area contributed by atoms with Crippen molar-refractivity contribution in [3.63, 3.8) is 0 Å². The number of nitrogens with zero attached hydrogens (tertiary/aromatic N) is 1. The molecule has 0 radical (unpaired) electrons. The van der Waals surface area contributed by atoms with Crippen LogP contribution in [0.5, 0.6) is 11.5 Å². The van der Waals surface area contributed by atoms with Crippen LogP contribution in [0.25, 0.3) is 0 Å². The third-order valence-electron chi connectivity index (χ3n) is 3.79. The van der Waals surface area contributed by atoms with E-state index in [9.17, 15) is 18.0 Å². The third kappa shape index (κ3) is 5.48. The number of sulfonamides is 1. The normalized spacial score (nSPS) is 11.2. The molecule has 1 aromatic heterocycles. The topological polar surface area (TPSA) is 124 Å². The first-order valence-corrected chi connectivity index (χ1v) is 9.80. The molecule has 1 aromatic carbocycles. The van der Waals surface area contributed by atoms with Gasteiger partial charge in [-0.05, 0) is 30.3 Å². The highest BCUT2D eigenvalue weighted by atomic mass is 32.2. The van der Waals surface area contributed by atoms with E-state index in [1.807, 2.05) is 0 Å². The number of carbonyl (C=O) groups is 2. The van der Waals surface area contributed by atoms with Gasteiger partial charge in [0.1, 0.15) is 18.9 Å². The van der Waals surface area contributed by atoms with E-state index >= 15 is 0 Å². The minimum absolute atomic E-state index is 0.157. The van der Waals surface area contributed by atoms with Gasteiger partial charge in [-0.3, -0.25) is 9.59 Å². The average molecular weight is 426 g/mol. The van der Waals surface area contributed by atoms with Gasteiger partial charge in [0.15, 0.2) is 11.5 Å². The number of hydrogen-bond acceptors (Lipinski definition) is 8. The van der Waals surface area contributed by atoms with Gasteiger partial charge in [0.2, 0.25) is 5.09 Å². The van der Waals surface area contributed by atoms with Crippen LogP contribution in [0.3, 0.4) is 0 Å². The van der Waals surface area contributed by atoms with Crippen LogP contribution in [0.2, 0.25) is 0 Å². The highest BCUT2D eigenvalue weighted by molar-refractivity contribution is 7.88. The number of ether oxygens (including phenoxy) is 3. The van der Waals surface area contributed by atoms with Crippen molar-refractivity contribution in [2.75, 3.05) is 34.9 Å². The molecule has 11 heteroatoms. The van der Waals surface area contributed by atoms with E-state index in [1.165, 1.54) is 52.6 Å². The highest BCUT2D eigenvalue weighted by Gasteiger charge is 2.22. The molecule has 1 N–H and O–H groups in total. The Bertz CT molecular complexity index is 981. The molecule has 10 nitrogen and oxygen atoms in total. The molecule has 1 heterocycles. The lowest BCUT2D eigenvalue weighted by molar-refractivity contribution is -0.144. The zero-order valence-electron chi connectivity index (χ0n) is 16.4. The van der Waals surface area contributed by atoms with E-state index < -0.39 is 21.9 Å². The minimum Gasteiger partial charge on any atom is -0.493 e. The van der Waals surface area contributed by atoms with Gasteiger partial charge in [-0.1, -0.05) is 0 Å². The van der Waals surface area contributed by atoms with E-state index in [0.29, 0.717) is 11.5 Å². The summed E-state index contributed by atoms with van der Waals surface area (Å²) >= 11 is 0. The standard InChI is InChI=1S/C18H22N2O8S/c1-20(2)29(23,24)17-8-6-13(28-17)11-27-16(21)10-19-18(22)12-5-7-14(25-3)15(9-12)26-4/h5-9H,10-11H2,1-4H3,(H,19,22). The van der Waals surface area contributed by atoms with Crippen LogP contribution in [-0.2, 0) is 26.2 Å². The summed E-state index contributed by atoms with van der Waals surface area (Å²) in [5, 5.41) is 2.17. The van der Waals surface area contributed by atoms with E-state index in [0.717, 1.165) is 4.31 Å². The molecule has 0 saturated carbocycles. The quantitative estimate of drug-likeness (QED) is 0.590. The molecule has 0 saturated heterocycles. The second-order valence-electron chi connectivity index (χ2n) is 5.92. The van der Waals surface area contributed by atoms with Crippen molar-refractivity contribution in [3.05, 3.63) is 41.7 Å². The Morgan fingerprint density at radius 1 is 1.07 bits per heavy atom. The number of rotatable bonds is 9. The van der Waals surface area contributed by atoms with Crippen molar-refractivity contribution in [1.82, 2.24) is 9.62 Å². The summed E-state index contributed by atoms with van der Waals surface area (Å²) in [4.78, 5) is 24.0. The maximum absolute atomic E-state index is 12.2. The lowest BCUT2D eigenvalue weighted by Crippen LogP contribution is -2.30. The zero-order chi connectivity index (χ0) is 21.6. The Balaban J connectivity index is 1.88. The fourth-order valence-corrected chi connectivity index (χ4v) is 3.00. The Hall–Kier alpha value is -3.05. The second-order valence-corrected chi connectivity index (χ2v) is 8.00. The smallest absolute Gasteiger partial charge is 0.325 e. The molecule has 1 amide bonds. The Morgan fingerprint density at radius 3 is 2.38 bits per heavy atom. The Labute approximate surface area is 168 Å². The number of amides is 1. The number of hydrogen-bond donors (Lipinski definition) is 1. The van der Waals surface area contributed by atoms with Gasteiger partial charge < -0.3 is 23.9 Å². The summed E-state index contributed by atoms with van der Waals surface area (Å²) in [6, 6.07) is 7.25. The van der Waals surface area contributed by atoms with E-state index in [-0.39, 0.29) is 29.6 Å². The van der Waals surface area contributed by atoms with Crippen LogP contribution in [0.15, 0.2) is 39.8 Å². The molecule has 0 aliphatic heterocycles. The lowest BCUT2D eigenvalue weighted by Gasteiger charge is -2.10. The summed E-state index contributed by atoms with van der Waals surface area (Å²) in [5.74, 6) is -0.209. The van der Waals surface area contributed by atoms with Crippen molar-refractivity contribution in [2.24, 2.45) is 0 Å². The molecule has 0 unspecified atom stereocenters. The first kappa shape index (κ1) is 22.2. The number of benzene rings is 1. The number of methoxy groups -OCH3 is 2. The number of esters is 1. The van der Waals surface area contributed by atoms with Gasteiger partial charge in [0.05, 0.1) is 14.2 Å². The second kappa shape index (κ2) is 9.43. The van der Waals surface area contributed by atoms with Gasteiger partial charge in [0.25, 0.3) is 15.9 Å². The number of carbonyl (C=O) groups excluding carboxylic acids is 2. The zero-order valence-corrected chi connectivity index (χ0v) is 17.2. The SMILES string of the molecule is COc1ccc(C(=O)NCC(=O)OCc2ccc(S(=O)(=O)N(C)C)o2)cc1OC. The maximum Gasteiger partial charge on any atom is 0.325 e. The summed E-state index contributed by atoms with van der Waals surface area (Å²) in [6.07, 6.45) is 0. The predicted molar refractivity (Wildman–Crippen MR) is 101 cm³/mol. The Morgan fingerprint density at radius 2 is 1.76 bits per heavy atom. The van der Waals surface area contributed by atoms with Crippen LogP contribution in [-0.4, -0.2) is 59.5 Å². The van der Waals surface area contributed by atoms with Gasteiger partial charge >= 0.3 is 5.97 Å². The number of nitrogens with one attached hydrogen (secondary N) is 1. The molecule has 0 aliphatic carbocycles. The molecule has 0 bridgehead atoms. The van der Waals surface area contributed by atoms with E-state index in [1.54, 1.807) is 6.07 Å². The molecule has 0 fully saturated rings. The first-order valence-electron chi connectivity index (χ1n) is 8.36. The molecular weight excluding hydrogens is 404 g/mol. The molecular formula is C18H22N2O8S. The summed E-state index contributed by atoms with van der Waals surface area (Å²) in [5.41, 5.74) is 0.278. The van der Waals surface area contributed by atoms with Gasteiger partial charge in [-0.25, -0.2) is 12.7 Å².